The molecule has 21 heavy (non-hydrogen) atoms. The van der Waals surface area contributed by atoms with E-state index in [-0.39, 0.29) is 5.76 Å². The zero-order valence-corrected chi connectivity index (χ0v) is 11.9. The van der Waals surface area contributed by atoms with Crippen molar-refractivity contribution in [2.45, 2.75) is 18.9 Å². The molecular weight excluding hydrogens is 294 g/mol. The number of fused-ring (bicyclic) bond motifs is 1. The third-order valence-electron chi connectivity index (χ3n) is 3.72. The van der Waals surface area contributed by atoms with Gasteiger partial charge in [-0.25, -0.2) is 0 Å². The first-order valence-corrected chi connectivity index (χ1v) is 6.94. The van der Waals surface area contributed by atoms with E-state index in [1.165, 1.54) is 0 Å². The molecule has 1 fully saturated rings. The van der Waals surface area contributed by atoms with Crippen LogP contribution in [0, 0.1) is 0 Å². The van der Waals surface area contributed by atoms with Crippen molar-refractivity contribution in [2.24, 2.45) is 11.5 Å². The van der Waals surface area contributed by atoms with Gasteiger partial charge in [0.15, 0.2) is 0 Å². The van der Waals surface area contributed by atoms with Gasteiger partial charge in [-0.1, -0.05) is 11.6 Å². The van der Waals surface area contributed by atoms with E-state index in [1.54, 1.807) is 23.1 Å². The first-order chi connectivity index (χ1) is 9.99. The summed E-state index contributed by atoms with van der Waals surface area (Å²) in [6.07, 6.45) is 1.44. The van der Waals surface area contributed by atoms with Crippen LogP contribution in [-0.2, 0) is 4.79 Å². The third-order valence-corrected chi connectivity index (χ3v) is 3.95. The van der Waals surface area contributed by atoms with E-state index in [0.717, 1.165) is 6.42 Å². The van der Waals surface area contributed by atoms with Gasteiger partial charge in [-0.3, -0.25) is 9.59 Å². The van der Waals surface area contributed by atoms with Crippen LogP contribution in [0.1, 0.15) is 23.4 Å². The van der Waals surface area contributed by atoms with Crippen LogP contribution in [-0.4, -0.2) is 24.4 Å². The van der Waals surface area contributed by atoms with Gasteiger partial charge >= 0.3 is 0 Å². The van der Waals surface area contributed by atoms with Crippen LogP contribution in [0.5, 0.6) is 0 Å². The number of amides is 2. The zero-order valence-electron chi connectivity index (χ0n) is 11.1. The molecule has 6 nitrogen and oxygen atoms in total. The van der Waals surface area contributed by atoms with Crippen molar-refractivity contribution in [1.29, 1.82) is 0 Å². The lowest BCUT2D eigenvalue weighted by Crippen LogP contribution is -2.41. The molecule has 1 aliphatic heterocycles. The second kappa shape index (κ2) is 4.96. The number of hydrogen-bond donors (Lipinski definition) is 2. The monoisotopic (exact) mass is 307 g/mol. The predicted octanol–water partition coefficient (Wildman–Crippen LogP) is 1.64. The molecule has 1 aromatic carbocycles. The van der Waals surface area contributed by atoms with Crippen molar-refractivity contribution in [3.8, 4) is 0 Å². The summed E-state index contributed by atoms with van der Waals surface area (Å²) >= 11 is 6.02. The topological polar surface area (TPSA) is 103 Å². The molecule has 1 atom stereocenters. The number of benzene rings is 1. The molecule has 0 aliphatic carbocycles. The highest BCUT2D eigenvalue weighted by atomic mass is 35.5. The summed E-state index contributed by atoms with van der Waals surface area (Å²) in [5.74, 6) is -1.09. The minimum absolute atomic E-state index is 0.0282. The molecule has 110 valence electrons. The van der Waals surface area contributed by atoms with Gasteiger partial charge in [-0.15, -0.1) is 0 Å². The Hall–Kier alpha value is -2.21. The maximum Gasteiger partial charge on any atom is 0.286 e. The van der Waals surface area contributed by atoms with Crippen molar-refractivity contribution in [2.75, 3.05) is 11.4 Å². The Labute approximate surface area is 125 Å². The van der Waals surface area contributed by atoms with E-state index in [1.807, 2.05) is 0 Å². The van der Waals surface area contributed by atoms with Crippen molar-refractivity contribution in [3.05, 3.63) is 29.0 Å². The summed E-state index contributed by atoms with van der Waals surface area (Å²) in [5.41, 5.74) is 11.8. The van der Waals surface area contributed by atoms with Crippen LogP contribution in [0.2, 0.25) is 5.02 Å². The second-order valence-corrected chi connectivity index (χ2v) is 5.47. The molecule has 0 saturated carbocycles. The van der Waals surface area contributed by atoms with Crippen LogP contribution in [0.25, 0.3) is 11.0 Å². The third kappa shape index (κ3) is 2.21. The number of primary amides is 2. The van der Waals surface area contributed by atoms with Crippen LogP contribution < -0.4 is 16.4 Å². The lowest BCUT2D eigenvalue weighted by atomic mass is 10.1. The number of halogens is 1. The average molecular weight is 308 g/mol. The fraction of sp³-hybridized carbons (Fsp3) is 0.286. The van der Waals surface area contributed by atoms with E-state index in [9.17, 15) is 9.59 Å². The lowest BCUT2D eigenvalue weighted by Gasteiger charge is -2.23. The summed E-state index contributed by atoms with van der Waals surface area (Å²) < 4.78 is 5.53. The molecular formula is C14H14ClN3O3. The minimum Gasteiger partial charge on any atom is -0.449 e. The molecule has 0 spiro atoms. The average Bonchev–Trinajstić information content (AvgIpc) is 3.00. The van der Waals surface area contributed by atoms with Gasteiger partial charge in [0.2, 0.25) is 11.7 Å². The van der Waals surface area contributed by atoms with Gasteiger partial charge in [0, 0.05) is 17.0 Å². The van der Waals surface area contributed by atoms with Crippen LogP contribution >= 0.6 is 11.6 Å². The highest BCUT2D eigenvalue weighted by Crippen LogP contribution is 2.38. The Morgan fingerprint density at radius 3 is 2.76 bits per heavy atom. The molecule has 0 bridgehead atoms. The molecule has 4 N–H and O–H groups in total. The van der Waals surface area contributed by atoms with Crippen LogP contribution in [0.3, 0.4) is 0 Å². The molecule has 1 aliphatic rings. The van der Waals surface area contributed by atoms with Gasteiger partial charge in [-0.2, -0.15) is 0 Å². The van der Waals surface area contributed by atoms with E-state index >= 15 is 0 Å². The normalized spacial score (nSPS) is 18.3. The maximum atomic E-state index is 11.7. The van der Waals surface area contributed by atoms with Crippen molar-refractivity contribution < 1.29 is 14.0 Å². The Morgan fingerprint density at radius 1 is 1.33 bits per heavy atom. The molecule has 2 aromatic rings. The van der Waals surface area contributed by atoms with Crippen molar-refractivity contribution in [1.82, 2.24) is 0 Å². The molecule has 1 aromatic heterocycles. The van der Waals surface area contributed by atoms with Gasteiger partial charge in [0.25, 0.3) is 5.91 Å². The van der Waals surface area contributed by atoms with Crippen LogP contribution in [0.15, 0.2) is 22.6 Å². The first-order valence-electron chi connectivity index (χ1n) is 6.57. The Morgan fingerprint density at radius 2 is 2.10 bits per heavy atom. The number of hydrogen-bond acceptors (Lipinski definition) is 4. The Balaban J connectivity index is 2.23. The Bertz CT molecular complexity index is 740. The van der Waals surface area contributed by atoms with E-state index in [2.05, 4.69) is 0 Å². The van der Waals surface area contributed by atoms with Gasteiger partial charge in [-0.05, 0) is 31.0 Å². The fourth-order valence-corrected chi connectivity index (χ4v) is 3.01. The number of carbonyl (C=O) groups excluding carboxylic acids is 2. The smallest absolute Gasteiger partial charge is 0.286 e. The number of nitrogens with two attached hydrogens (primary N) is 2. The summed E-state index contributed by atoms with van der Waals surface area (Å²) in [7, 11) is 0. The predicted molar refractivity (Wildman–Crippen MR) is 79.3 cm³/mol. The molecule has 2 amide bonds. The molecule has 1 saturated heterocycles. The highest BCUT2D eigenvalue weighted by Gasteiger charge is 2.34. The highest BCUT2D eigenvalue weighted by molar-refractivity contribution is 6.31. The fourth-order valence-electron chi connectivity index (χ4n) is 2.84. The molecule has 7 heteroatoms. The summed E-state index contributed by atoms with van der Waals surface area (Å²) in [4.78, 5) is 25.0. The van der Waals surface area contributed by atoms with Gasteiger partial charge in [0.1, 0.15) is 11.6 Å². The Kier molecular flexibility index (Phi) is 3.25. The summed E-state index contributed by atoms with van der Waals surface area (Å²) in [6, 6.07) is 4.56. The van der Waals surface area contributed by atoms with Crippen molar-refractivity contribution in [3.63, 3.8) is 0 Å². The summed E-state index contributed by atoms with van der Waals surface area (Å²) in [6.45, 7) is 0.606. The molecule has 0 unspecified atom stereocenters. The first kappa shape index (κ1) is 13.8. The van der Waals surface area contributed by atoms with E-state index in [0.29, 0.717) is 34.6 Å². The van der Waals surface area contributed by atoms with Crippen LogP contribution in [0.4, 0.5) is 5.69 Å². The SMILES string of the molecule is NC(=O)c1oc2ccc(Cl)cc2c1N1CCC[C@H]1C(N)=O. The van der Waals surface area contributed by atoms with Gasteiger partial charge < -0.3 is 20.8 Å². The number of anilines is 1. The number of furan rings is 1. The standard InChI is InChI=1S/C14H14ClN3O3/c15-7-3-4-10-8(6-7)11(12(21-10)14(17)20)18-5-1-2-9(18)13(16)19/h3-4,6,9H,1-2,5H2,(H2,16,19)(H2,17,20)/t9-/m0/s1. The van der Waals surface area contributed by atoms with Crippen molar-refractivity contribution >= 4 is 40.1 Å². The lowest BCUT2D eigenvalue weighted by molar-refractivity contribution is -0.119. The number of rotatable bonds is 3. The largest absolute Gasteiger partial charge is 0.449 e. The maximum absolute atomic E-state index is 11.7. The van der Waals surface area contributed by atoms with E-state index in [4.69, 9.17) is 27.5 Å². The molecule has 0 radical (unpaired) electrons. The number of nitrogens with zero attached hydrogens (tertiary/aromatic N) is 1. The second-order valence-electron chi connectivity index (χ2n) is 5.04. The van der Waals surface area contributed by atoms with Gasteiger partial charge in [0.05, 0.1) is 5.69 Å². The summed E-state index contributed by atoms with van der Waals surface area (Å²) in [5, 5.41) is 1.17. The quantitative estimate of drug-likeness (QED) is 0.899. The minimum atomic E-state index is -0.688. The van der Waals surface area contributed by atoms with E-state index < -0.39 is 17.9 Å². The molecule has 3 rings (SSSR count). The zero-order chi connectivity index (χ0) is 15.1. The molecule has 2 heterocycles. The number of carbonyl (C=O) groups is 2.